The molecule has 4 rings (SSSR count). The monoisotopic (exact) mass is 426 g/mol. The molecule has 0 atom stereocenters. The first-order valence-electron chi connectivity index (χ1n) is 9.32. The Kier molecular flexibility index (Phi) is 5.87. The number of halogens is 1. The van der Waals surface area contributed by atoms with Gasteiger partial charge in [-0.25, -0.2) is 0 Å². The third-order valence-electron chi connectivity index (χ3n) is 4.69. The molecule has 1 saturated heterocycles. The second-order valence-electron chi connectivity index (χ2n) is 6.88. The Morgan fingerprint density at radius 3 is 2.72 bits per heavy atom. The van der Waals surface area contributed by atoms with Crippen LogP contribution in [0.2, 0.25) is 5.02 Å². The van der Waals surface area contributed by atoms with Crippen LogP contribution >= 0.6 is 22.9 Å². The molecule has 2 heterocycles. The highest BCUT2D eigenvalue weighted by molar-refractivity contribution is 7.15. The molecule has 0 saturated carbocycles. The molecule has 8 heteroatoms. The Bertz CT molecular complexity index is 1040. The molecule has 3 aromatic rings. The van der Waals surface area contributed by atoms with Gasteiger partial charge in [0.25, 0.3) is 5.91 Å². The molecule has 0 bridgehead atoms. The summed E-state index contributed by atoms with van der Waals surface area (Å²) in [5, 5.41) is 13.0. The maximum atomic E-state index is 12.6. The lowest BCUT2D eigenvalue weighted by molar-refractivity contribution is -0.128. The Balaban J connectivity index is 1.39. The molecule has 29 heavy (non-hydrogen) atoms. The van der Waals surface area contributed by atoms with Crippen molar-refractivity contribution in [3.63, 3.8) is 0 Å². The lowest BCUT2D eigenvalue weighted by Gasteiger charge is -2.15. The maximum Gasteiger partial charge on any atom is 0.257 e. The molecule has 2 amide bonds. The average molecular weight is 427 g/mol. The number of carbonyl (C=O) groups excluding carboxylic acids is 2. The van der Waals surface area contributed by atoms with Gasteiger partial charge in [0.1, 0.15) is 5.01 Å². The number of hydrogen-bond acceptors (Lipinski definition) is 5. The summed E-state index contributed by atoms with van der Waals surface area (Å²) >= 11 is 7.25. The van der Waals surface area contributed by atoms with Crippen LogP contribution in [0.15, 0.2) is 48.5 Å². The standard InChI is InChI=1S/C21H19ClN4O2S/c22-17-8-6-14(7-9-17)12-18-24-25-21(29-18)23-20(28)16-4-1-3-15(11-16)13-26-10-2-5-19(26)27/h1,3-4,6-9,11H,2,5,10,12-13H2,(H,23,25,28). The fourth-order valence-electron chi connectivity index (χ4n) is 3.22. The van der Waals surface area contributed by atoms with Crippen molar-refractivity contribution < 1.29 is 9.59 Å². The van der Waals surface area contributed by atoms with Crippen LogP contribution in [0.1, 0.15) is 39.3 Å². The molecule has 0 aliphatic carbocycles. The van der Waals surface area contributed by atoms with Gasteiger partial charge in [0.15, 0.2) is 0 Å². The normalized spacial score (nSPS) is 13.7. The molecule has 6 nitrogen and oxygen atoms in total. The summed E-state index contributed by atoms with van der Waals surface area (Å²) in [6, 6.07) is 14.9. The average Bonchev–Trinajstić information content (AvgIpc) is 3.33. The van der Waals surface area contributed by atoms with Gasteiger partial charge < -0.3 is 4.90 Å². The van der Waals surface area contributed by atoms with Gasteiger partial charge >= 0.3 is 0 Å². The van der Waals surface area contributed by atoms with Crippen molar-refractivity contribution in [2.45, 2.75) is 25.8 Å². The molecule has 1 aliphatic heterocycles. The second kappa shape index (κ2) is 8.71. The number of nitrogens with zero attached hydrogens (tertiary/aromatic N) is 3. The van der Waals surface area contributed by atoms with Crippen LogP contribution in [-0.4, -0.2) is 33.5 Å². The SMILES string of the molecule is O=C(Nc1nnc(Cc2ccc(Cl)cc2)s1)c1cccc(CN2CCCC2=O)c1. The number of hydrogen-bond donors (Lipinski definition) is 1. The van der Waals surface area contributed by atoms with E-state index in [2.05, 4.69) is 15.5 Å². The topological polar surface area (TPSA) is 75.2 Å². The molecule has 0 unspecified atom stereocenters. The van der Waals surface area contributed by atoms with E-state index in [1.54, 1.807) is 6.07 Å². The predicted octanol–water partition coefficient (Wildman–Crippen LogP) is 4.16. The second-order valence-corrected chi connectivity index (χ2v) is 8.38. The highest BCUT2D eigenvalue weighted by Gasteiger charge is 2.20. The third-order valence-corrected chi connectivity index (χ3v) is 5.78. The number of rotatable bonds is 6. The van der Waals surface area contributed by atoms with Crippen molar-refractivity contribution in [2.24, 2.45) is 0 Å². The van der Waals surface area contributed by atoms with Gasteiger partial charge in [-0.05, 0) is 41.8 Å². The van der Waals surface area contributed by atoms with E-state index in [0.717, 1.165) is 29.1 Å². The van der Waals surface area contributed by atoms with E-state index >= 15 is 0 Å². The fourth-order valence-corrected chi connectivity index (χ4v) is 4.12. The van der Waals surface area contributed by atoms with Gasteiger partial charge in [0.05, 0.1) is 0 Å². The van der Waals surface area contributed by atoms with Crippen LogP contribution in [0.5, 0.6) is 0 Å². The molecule has 1 fully saturated rings. The highest BCUT2D eigenvalue weighted by Crippen LogP contribution is 2.21. The Labute approximate surface area is 177 Å². The maximum absolute atomic E-state index is 12.6. The van der Waals surface area contributed by atoms with Crippen molar-refractivity contribution >= 4 is 39.9 Å². The Morgan fingerprint density at radius 2 is 1.97 bits per heavy atom. The minimum Gasteiger partial charge on any atom is -0.338 e. The quantitative estimate of drug-likeness (QED) is 0.642. The predicted molar refractivity (Wildman–Crippen MR) is 113 cm³/mol. The smallest absolute Gasteiger partial charge is 0.257 e. The zero-order chi connectivity index (χ0) is 20.2. The van der Waals surface area contributed by atoms with E-state index in [1.807, 2.05) is 47.4 Å². The van der Waals surface area contributed by atoms with Gasteiger partial charge in [0, 0.05) is 36.5 Å². The molecule has 0 radical (unpaired) electrons. The van der Waals surface area contributed by atoms with Crippen LogP contribution in [0.3, 0.4) is 0 Å². The van der Waals surface area contributed by atoms with Gasteiger partial charge in [0.2, 0.25) is 11.0 Å². The van der Waals surface area contributed by atoms with Crippen molar-refractivity contribution in [1.82, 2.24) is 15.1 Å². The van der Waals surface area contributed by atoms with E-state index in [4.69, 9.17) is 11.6 Å². The number of anilines is 1. The lowest BCUT2D eigenvalue weighted by Crippen LogP contribution is -2.24. The zero-order valence-electron chi connectivity index (χ0n) is 15.6. The Morgan fingerprint density at radius 1 is 1.14 bits per heavy atom. The van der Waals surface area contributed by atoms with Crippen LogP contribution in [0, 0.1) is 0 Å². The summed E-state index contributed by atoms with van der Waals surface area (Å²) < 4.78 is 0. The number of carbonyl (C=O) groups is 2. The number of benzene rings is 2. The Hall–Kier alpha value is -2.77. The van der Waals surface area contributed by atoms with Crippen LogP contribution < -0.4 is 5.32 Å². The van der Waals surface area contributed by atoms with Crippen LogP contribution in [0.25, 0.3) is 0 Å². The number of likely N-dealkylation sites (tertiary alicyclic amines) is 1. The molecule has 1 aromatic heterocycles. The summed E-state index contributed by atoms with van der Waals surface area (Å²) in [5.74, 6) is -0.0734. The lowest BCUT2D eigenvalue weighted by atomic mass is 10.1. The minimum atomic E-state index is -0.242. The van der Waals surface area contributed by atoms with Crippen molar-refractivity contribution in [1.29, 1.82) is 0 Å². The molecular weight excluding hydrogens is 408 g/mol. The zero-order valence-corrected chi connectivity index (χ0v) is 17.2. The molecule has 148 valence electrons. The van der Waals surface area contributed by atoms with Crippen LogP contribution in [0.4, 0.5) is 5.13 Å². The largest absolute Gasteiger partial charge is 0.338 e. The van der Waals surface area contributed by atoms with Gasteiger partial charge in [-0.15, -0.1) is 10.2 Å². The molecule has 2 aromatic carbocycles. The molecule has 0 spiro atoms. The number of amides is 2. The van der Waals surface area contributed by atoms with Crippen molar-refractivity contribution in [2.75, 3.05) is 11.9 Å². The van der Waals surface area contributed by atoms with Crippen LogP contribution in [-0.2, 0) is 17.8 Å². The van der Waals surface area contributed by atoms with Crippen molar-refractivity contribution in [3.05, 3.63) is 75.3 Å². The van der Waals surface area contributed by atoms with E-state index in [1.165, 1.54) is 11.3 Å². The summed E-state index contributed by atoms with van der Waals surface area (Å²) in [6.07, 6.45) is 2.13. The van der Waals surface area contributed by atoms with E-state index in [9.17, 15) is 9.59 Å². The molecule has 1 N–H and O–H groups in total. The van der Waals surface area contributed by atoms with E-state index < -0.39 is 0 Å². The first-order valence-corrected chi connectivity index (χ1v) is 10.5. The first-order chi connectivity index (χ1) is 14.1. The van der Waals surface area contributed by atoms with Gasteiger partial charge in [-0.1, -0.05) is 47.2 Å². The fraction of sp³-hybridized carbons (Fsp3) is 0.238. The minimum absolute atomic E-state index is 0.168. The van der Waals surface area contributed by atoms with E-state index in [0.29, 0.717) is 35.1 Å². The van der Waals surface area contributed by atoms with Crippen molar-refractivity contribution in [3.8, 4) is 0 Å². The summed E-state index contributed by atoms with van der Waals surface area (Å²) in [7, 11) is 0. The number of nitrogens with one attached hydrogen (secondary N) is 1. The van der Waals surface area contributed by atoms with E-state index in [-0.39, 0.29) is 11.8 Å². The molecule has 1 aliphatic rings. The third kappa shape index (κ3) is 4.99. The summed E-state index contributed by atoms with van der Waals surface area (Å²) in [5.41, 5.74) is 2.55. The molecular formula is C21H19ClN4O2S. The summed E-state index contributed by atoms with van der Waals surface area (Å²) in [6.45, 7) is 1.31. The van der Waals surface area contributed by atoms with Gasteiger partial charge in [-0.3, -0.25) is 14.9 Å². The van der Waals surface area contributed by atoms with Gasteiger partial charge in [-0.2, -0.15) is 0 Å². The summed E-state index contributed by atoms with van der Waals surface area (Å²) in [4.78, 5) is 26.2. The first kappa shape index (κ1) is 19.5. The number of aromatic nitrogens is 2. The highest BCUT2D eigenvalue weighted by atomic mass is 35.5.